The molecular weight excluding hydrogens is 340 g/mol. The molecule has 2 aromatic rings. The van der Waals surface area contributed by atoms with Crippen LogP contribution >= 0.6 is 0 Å². The van der Waals surface area contributed by atoms with Gasteiger partial charge in [0.25, 0.3) is 0 Å². The molecule has 0 N–H and O–H groups in total. The highest BCUT2D eigenvalue weighted by Gasteiger charge is 2.41. The molecule has 3 aliphatic heterocycles. The lowest BCUT2D eigenvalue weighted by Crippen LogP contribution is -2.47. The highest BCUT2D eigenvalue weighted by atomic mass is 16.5. The minimum atomic E-state index is 0.0825. The molecule has 144 valence electrons. The van der Waals surface area contributed by atoms with Crippen molar-refractivity contribution in [2.45, 2.75) is 59.2 Å². The van der Waals surface area contributed by atoms with Gasteiger partial charge in [-0.05, 0) is 44.7 Å². The fourth-order valence-electron chi connectivity index (χ4n) is 4.35. The van der Waals surface area contributed by atoms with Crippen LogP contribution in [0.15, 0.2) is 22.9 Å². The highest BCUT2D eigenvalue weighted by Crippen LogP contribution is 2.31. The fourth-order valence-corrected chi connectivity index (χ4v) is 4.35. The topological polar surface area (TPSA) is 62.5 Å². The van der Waals surface area contributed by atoms with Crippen molar-refractivity contribution in [1.29, 1.82) is 0 Å². The van der Waals surface area contributed by atoms with Gasteiger partial charge in [-0.2, -0.15) is 0 Å². The molecule has 27 heavy (non-hydrogen) atoms. The van der Waals surface area contributed by atoms with E-state index in [1.54, 1.807) is 0 Å². The number of hydrogen-bond acceptors (Lipinski definition) is 5. The third-order valence-electron chi connectivity index (χ3n) is 6.06. The van der Waals surface area contributed by atoms with E-state index in [1.807, 2.05) is 20.0 Å². The van der Waals surface area contributed by atoms with Crippen LogP contribution in [0.4, 0.5) is 0 Å². The third-order valence-corrected chi connectivity index (χ3v) is 6.06. The third kappa shape index (κ3) is 3.63. The summed E-state index contributed by atoms with van der Waals surface area (Å²) in [5, 5.41) is 4.05. The number of aryl methyl sites for hydroxylation is 3. The first kappa shape index (κ1) is 18.2. The van der Waals surface area contributed by atoms with Gasteiger partial charge in [0.15, 0.2) is 0 Å². The lowest BCUT2D eigenvalue weighted by molar-refractivity contribution is -0.140. The summed E-state index contributed by atoms with van der Waals surface area (Å²) < 4.78 is 5.30. The average molecular weight is 368 g/mol. The van der Waals surface area contributed by atoms with Gasteiger partial charge in [0.05, 0.1) is 23.9 Å². The van der Waals surface area contributed by atoms with E-state index in [0.29, 0.717) is 6.54 Å². The molecule has 0 spiro atoms. The number of pyridine rings is 1. The quantitative estimate of drug-likeness (QED) is 0.812. The zero-order valence-corrected chi connectivity index (χ0v) is 16.4. The molecule has 3 saturated heterocycles. The summed E-state index contributed by atoms with van der Waals surface area (Å²) in [6.07, 6.45) is 5.03. The zero-order chi connectivity index (χ0) is 19.0. The van der Waals surface area contributed by atoms with E-state index in [0.717, 1.165) is 61.6 Å². The molecule has 0 aliphatic carbocycles. The molecule has 5 heterocycles. The van der Waals surface area contributed by atoms with Gasteiger partial charge >= 0.3 is 0 Å². The summed E-state index contributed by atoms with van der Waals surface area (Å²) in [6, 6.07) is 4.53. The average Bonchev–Trinajstić information content (AvgIpc) is 2.83. The van der Waals surface area contributed by atoms with Gasteiger partial charge in [-0.15, -0.1) is 0 Å². The maximum atomic E-state index is 13.1. The highest BCUT2D eigenvalue weighted by molar-refractivity contribution is 5.80. The Labute approximate surface area is 160 Å². The molecule has 0 unspecified atom stereocenters. The molecule has 0 aromatic carbocycles. The fraction of sp³-hybridized carbons (Fsp3) is 0.571. The van der Waals surface area contributed by atoms with Crippen LogP contribution in [0.25, 0.3) is 0 Å². The molecule has 2 atom stereocenters. The van der Waals surface area contributed by atoms with Gasteiger partial charge < -0.3 is 9.42 Å². The SMILES string of the molecule is CCc1ccc(CN2C[C@H]3CC[C@@H](C2)N(Cc2c(C)noc2C)C3=O)nc1. The summed E-state index contributed by atoms with van der Waals surface area (Å²) in [5.41, 5.74) is 4.28. The Morgan fingerprint density at radius 2 is 2.04 bits per heavy atom. The number of nitrogens with zero attached hydrogens (tertiary/aromatic N) is 4. The second kappa shape index (κ2) is 7.43. The van der Waals surface area contributed by atoms with Crippen molar-refractivity contribution in [2.75, 3.05) is 13.1 Å². The second-order valence-electron chi connectivity index (χ2n) is 7.90. The monoisotopic (exact) mass is 368 g/mol. The number of hydrogen-bond donors (Lipinski definition) is 0. The number of piperidine rings is 1. The van der Waals surface area contributed by atoms with Gasteiger partial charge in [0, 0.05) is 37.4 Å². The summed E-state index contributed by atoms with van der Waals surface area (Å²) >= 11 is 0. The molecule has 1 amide bonds. The summed E-state index contributed by atoms with van der Waals surface area (Å²) in [4.78, 5) is 22.1. The van der Waals surface area contributed by atoms with Crippen LogP contribution in [0.2, 0.25) is 0 Å². The van der Waals surface area contributed by atoms with Crippen LogP contribution in [0, 0.1) is 19.8 Å². The molecule has 2 aromatic heterocycles. The summed E-state index contributed by atoms with van der Waals surface area (Å²) in [5.74, 6) is 1.18. The van der Waals surface area contributed by atoms with E-state index >= 15 is 0 Å². The normalized spacial score (nSPS) is 23.1. The first-order chi connectivity index (χ1) is 13.0. The van der Waals surface area contributed by atoms with Crippen LogP contribution in [0.1, 0.15) is 48.0 Å². The van der Waals surface area contributed by atoms with Crippen molar-refractivity contribution < 1.29 is 9.32 Å². The molecule has 2 bridgehead atoms. The molecule has 3 fully saturated rings. The Hall–Kier alpha value is -2.21. The van der Waals surface area contributed by atoms with E-state index in [2.05, 4.69) is 39.0 Å². The van der Waals surface area contributed by atoms with Crippen LogP contribution < -0.4 is 0 Å². The number of carbonyl (C=O) groups excluding carboxylic acids is 1. The molecular formula is C21H28N4O2. The van der Waals surface area contributed by atoms with Crippen molar-refractivity contribution >= 4 is 5.91 Å². The Morgan fingerprint density at radius 1 is 1.19 bits per heavy atom. The Bertz CT molecular complexity index is 795. The van der Waals surface area contributed by atoms with Crippen LogP contribution in [0.5, 0.6) is 0 Å². The maximum Gasteiger partial charge on any atom is 0.227 e. The number of rotatable bonds is 5. The van der Waals surface area contributed by atoms with Gasteiger partial charge in [-0.3, -0.25) is 14.7 Å². The van der Waals surface area contributed by atoms with E-state index in [9.17, 15) is 4.79 Å². The largest absolute Gasteiger partial charge is 0.361 e. The van der Waals surface area contributed by atoms with Crippen molar-refractivity contribution in [3.05, 3.63) is 46.6 Å². The Kier molecular flexibility index (Phi) is 5.00. The van der Waals surface area contributed by atoms with E-state index in [1.165, 1.54) is 5.56 Å². The van der Waals surface area contributed by atoms with Gasteiger partial charge in [0.1, 0.15) is 5.76 Å². The van der Waals surface area contributed by atoms with E-state index < -0.39 is 0 Å². The molecule has 3 aliphatic rings. The van der Waals surface area contributed by atoms with E-state index in [4.69, 9.17) is 4.52 Å². The first-order valence-electron chi connectivity index (χ1n) is 9.93. The number of amides is 1. The lowest BCUT2D eigenvalue weighted by Gasteiger charge is -2.36. The van der Waals surface area contributed by atoms with Crippen molar-refractivity contribution in [3.8, 4) is 0 Å². The van der Waals surface area contributed by atoms with Crippen LogP contribution in [0.3, 0.4) is 0 Å². The number of aromatic nitrogens is 2. The lowest BCUT2D eigenvalue weighted by atomic mass is 9.93. The van der Waals surface area contributed by atoms with Crippen molar-refractivity contribution in [1.82, 2.24) is 19.9 Å². The predicted molar refractivity (Wildman–Crippen MR) is 102 cm³/mol. The standard InChI is InChI=1S/C21H28N4O2/c1-4-16-5-7-18(22-9-16)11-24-10-17-6-8-19(12-24)25(21(17)26)13-20-14(2)23-27-15(20)3/h5,7,9,17,19H,4,6,8,10-13H2,1-3H3/t17-,19+/m1/s1. The molecule has 0 radical (unpaired) electrons. The zero-order valence-electron chi connectivity index (χ0n) is 16.4. The van der Waals surface area contributed by atoms with E-state index in [-0.39, 0.29) is 17.9 Å². The van der Waals surface area contributed by atoms with Gasteiger partial charge in [-0.25, -0.2) is 0 Å². The second-order valence-corrected chi connectivity index (χ2v) is 7.90. The maximum absolute atomic E-state index is 13.1. The molecule has 6 heteroatoms. The van der Waals surface area contributed by atoms with Gasteiger partial charge in [0.2, 0.25) is 5.91 Å². The smallest absolute Gasteiger partial charge is 0.227 e. The van der Waals surface area contributed by atoms with Gasteiger partial charge in [-0.1, -0.05) is 18.1 Å². The summed E-state index contributed by atoms with van der Waals surface area (Å²) in [7, 11) is 0. The van der Waals surface area contributed by atoms with Crippen molar-refractivity contribution in [2.24, 2.45) is 5.92 Å². The predicted octanol–water partition coefficient (Wildman–Crippen LogP) is 2.87. The number of carbonyl (C=O) groups is 1. The Morgan fingerprint density at radius 3 is 2.70 bits per heavy atom. The number of fused-ring (bicyclic) bond motifs is 4. The Balaban J connectivity index is 1.49. The van der Waals surface area contributed by atoms with Crippen LogP contribution in [-0.4, -0.2) is 45.0 Å². The van der Waals surface area contributed by atoms with Crippen LogP contribution in [-0.2, 0) is 24.3 Å². The minimum absolute atomic E-state index is 0.0825. The first-order valence-corrected chi connectivity index (χ1v) is 9.93. The molecule has 6 nitrogen and oxygen atoms in total. The van der Waals surface area contributed by atoms with Crippen molar-refractivity contribution in [3.63, 3.8) is 0 Å². The minimum Gasteiger partial charge on any atom is -0.361 e. The summed E-state index contributed by atoms with van der Waals surface area (Å²) in [6.45, 7) is 9.16. The molecule has 5 rings (SSSR count). The molecule has 0 saturated carbocycles.